The number of nitrogens with one attached hydrogen (secondary N) is 2. The molecule has 1 aromatic carbocycles. The maximum atomic E-state index is 12.0. The number of aryl methyl sites for hydroxylation is 1. The molecule has 1 unspecified atom stereocenters. The highest BCUT2D eigenvalue weighted by atomic mass is 32.2. The zero-order valence-electron chi connectivity index (χ0n) is 10.5. The van der Waals surface area contributed by atoms with Crippen molar-refractivity contribution in [3.05, 3.63) is 29.8 Å². The fraction of sp³-hybridized carbons (Fsp3) is 0.500. The molecule has 96 valence electrons. The van der Waals surface area contributed by atoms with Crippen LogP contribution < -0.4 is 10.0 Å². The summed E-state index contributed by atoms with van der Waals surface area (Å²) in [6.45, 7) is 5.02. The Hall–Kier alpha value is -0.910. The van der Waals surface area contributed by atoms with Crippen molar-refractivity contribution in [1.29, 1.82) is 0 Å². The van der Waals surface area contributed by atoms with Crippen LogP contribution in [0.1, 0.15) is 12.5 Å². The quantitative estimate of drug-likeness (QED) is 0.802. The van der Waals surface area contributed by atoms with Gasteiger partial charge in [-0.25, -0.2) is 13.1 Å². The van der Waals surface area contributed by atoms with E-state index in [1.165, 1.54) is 0 Å². The van der Waals surface area contributed by atoms with E-state index in [9.17, 15) is 8.42 Å². The SMILES string of the molecule is CNCC(C)CNS(=O)(=O)c1ccccc1C. The van der Waals surface area contributed by atoms with Crippen molar-refractivity contribution in [2.24, 2.45) is 5.92 Å². The summed E-state index contributed by atoms with van der Waals surface area (Å²) >= 11 is 0. The topological polar surface area (TPSA) is 58.2 Å². The fourth-order valence-corrected chi connectivity index (χ4v) is 3.02. The lowest BCUT2D eigenvalue weighted by molar-refractivity contribution is 0.518. The van der Waals surface area contributed by atoms with Crippen LogP contribution in [0.15, 0.2) is 29.2 Å². The van der Waals surface area contributed by atoms with E-state index in [4.69, 9.17) is 0 Å². The van der Waals surface area contributed by atoms with Gasteiger partial charge in [0, 0.05) is 6.54 Å². The van der Waals surface area contributed by atoms with Gasteiger partial charge in [0.15, 0.2) is 0 Å². The summed E-state index contributed by atoms with van der Waals surface area (Å²) in [5, 5.41) is 3.02. The molecule has 0 bridgehead atoms. The first-order valence-electron chi connectivity index (χ1n) is 5.67. The predicted molar refractivity (Wildman–Crippen MR) is 69.5 cm³/mol. The molecule has 1 rings (SSSR count). The van der Waals surface area contributed by atoms with E-state index in [0.717, 1.165) is 12.1 Å². The van der Waals surface area contributed by atoms with Gasteiger partial charge < -0.3 is 5.32 Å². The van der Waals surface area contributed by atoms with Gasteiger partial charge in [-0.15, -0.1) is 0 Å². The first-order chi connectivity index (χ1) is 7.97. The van der Waals surface area contributed by atoms with Gasteiger partial charge in [-0.3, -0.25) is 0 Å². The summed E-state index contributed by atoms with van der Waals surface area (Å²) in [7, 11) is -1.53. The first-order valence-corrected chi connectivity index (χ1v) is 7.15. The van der Waals surface area contributed by atoms with E-state index in [-0.39, 0.29) is 5.92 Å². The molecule has 0 heterocycles. The van der Waals surface area contributed by atoms with E-state index in [1.54, 1.807) is 25.1 Å². The van der Waals surface area contributed by atoms with E-state index in [0.29, 0.717) is 11.4 Å². The Morgan fingerprint density at radius 3 is 2.47 bits per heavy atom. The third-order valence-electron chi connectivity index (χ3n) is 2.56. The highest BCUT2D eigenvalue weighted by Crippen LogP contribution is 2.13. The maximum Gasteiger partial charge on any atom is 0.240 e. The van der Waals surface area contributed by atoms with E-state index in [2.05, 4.69) is 10.0 Å². The van der Waals surface area contributed by atoms with E-state index < -0.39 is 10.0 Å². The van der Waals surface area contributed by atoms with Crippen LogP contribution in [0.3, 0.4) is 0 Å². The lowest BCUT2D eigenvalue weighted by Gasteiger charge is -2.13. The molecule has 2 N–H and O–H groups in total. The average molecular weight is 256 g/mol. The van der Waals surface area contributed by atoms with Gasteiger partial charge in [-0.1, -0.05) is 25.1 Å². The number of rotatable bonds is 6. The molecule has 0 aliphatic heterocycles. The molecule has 17 heavy (non-hydrogen) atoms. The second-order valence-corrected chi connectivity index (χ2v) is 6.02. The third-order valence-corrected chi connectivity index (χ3v) is 4.14. The van der Waals surface area contributed by atoms with Gasteiger partial charge in [0.05, 0.1) is 4.90 Å². The largest absolute Gasteiger partial charge is 0.319 e. The molecule has 1 atom stereocenters. The molecule has 0 aromatic heterocycles. The third kappa shape index (κ3) is 4.11. The Bertz CT molecular complexity index is 457. The first kappa shape index (κ1) is 14.2. The second kappa shape index (κ2) is 6.14. The van der Waals surface area contributed by atoms with Crippen molar-refractivity contribution < 1.29 is 8.42 Å². The molecule has 0 aliphatic carbocycles. The molecule has 0 amide bonds. The van der Waals surface area contributed by atoms with Crippen LogP contribution in [-0.4, -0.2) is 28.6 Å². The number of hydrogen-bond acceptors (Lipinski definition) is 3. The molecule has 4 nitrogen and oxygen atoms in total. The zero-order chi connectivity index (χ0) is 12.9. The molecular formula is C12H20N2O2S. The van der Waals surface area contributed by atoms with Crippen molar-refractivity contribution in [2.75, 3.05) is 20.1 Å². The van der Waals surface area contributed by atoms with Crippen LogP contribution in [0.25, 0.3) is 0 Å². The fourth-order valence-electron chi connectivity index (χ4n) is 1.61. The molecular weight excluding hydrogens is 236 g/mol. The highest BCUT2D eigenvalue weighted by molar-refractivity contribution is 7.89. The summed E-state index contributed by atoms with van der Waals surface area (Å²) in [5.41, 5.74) is 0.765. The van der Waals surface area contributed by atoms with Crippen LogP contribution >= 0.6 is 0 Å². The number of benzene rings is 1. The lowest BCUT2D eigenvalue weighted by Crippen LogP contribution is -2.32. The minimum atomic E-state index is -3.38. The van der Waals surface area contributed by atoms with Crippen LogP contribution in [0.5, 0.6) is 0 Å². The molecule has 5 heteroatoms. The smallest absolute Gasteiger partial charge is 0.240 e. The maximum absolute atomic E-state index is 12.0. The Morgan fingerprint density at radius 1 is 1.24 bits per heavy atom. The monoisotopic (exact) mass is 256 g/mol. The Balaban J connectivity index is 2.73. The molecule has 0 fully saturated rings. The minimum Gasteiger partial charge on any atom is -0.319 e. The van der Waals surface area contributed by atoms with Crippen LogP contribution in [-0.2, 0) is 10.0 Å². The standard InChI is InChI=1S/C12H20N2O2S/c1-10(8-13-3)9-14-17(15,16)12-7-5-4-6-11(12)2/h4-7,10,13-14H,8-9H2,1-3H3. The van der Waals surface area contributed by atoms with Crippen LogP contribution in [0, 0.1) is 12.8 Å². The normalized spacial score (nSPS) is 13.6. The molecule has 0 spiro atoms. The Kier molecular flexibility index (Phi) is 5.11. The van der Waals surface area contributed by atoms with Gasteiger partial charge in [0.2, 0.25) is 10.0 Å². The van der Waals surface area contributed by atoms with Crippen LogP contribution in [0.4, 0.5) is 0 Å². The van der Waals surface area contributed by atoms with Crippen molar-refractivity contribution in [3.63, 3.8) is 0 Å². The molecule has 1 aromatic rings. The highest BCUT2D eigenvalue weighted by Gasteiger charge is 2.16. The molecule has 0 saturated carbocycles. The summed E-state index contributed by atoms with van der Waals surface area (Å²) in [6.07, 6.45) is 0. The average Bonchev–Trinajstić information content (AvgIpc) is 2.27. The minimum absolute atomic E-state index is 0.263. The molecule has 0 aliphatic rings. The molecule has 0 radical (unpaired) electrons. The van der Waals surface area contributed by atoms with E-state index >= 15 is 0 Å². The van der Waals surface area contributed by atoms with Crippen molar-refractivity contribution in [1.82, 2.24) is 10.0 Å². The Labute approximate surface area is 103 Å². The van der Waals surface area contributed by atoms with Gasteiger partial charge in [-0.05, 0) is 38.1 Å². The van der Waals surface area contributed by atoms with Crippen molar-refractivity contribution >= 4 is 10.0 Å². The van der Waals surface area contributed by atoms with Gasteiger partial charge in [-0.2, -0.15) is 0 Å². The van der Waals surface area contributed by atoms with Crippen molar-refractivity contribution in [3.8, 4) is 0 Å². The molecule has 0 saturated heterocycles. The van der Waals surface area contributed by atoms with Crippen molar-refractivity contribution in [2.45, 2.75) is 18.7 Å². The predicted octanol–water partition coefficient (Wildman–Crippen LogP) is 1.13. The van der Waals surface area contributed by atoms with Gasteiger partial charge in [0.25, 0.3) is 0 Å². The van der Waals surface area contributed by atoms with Gasteiger partial charge in [0.1, 0.15) is 0 Å². The lowest BCUT2D eigenvalue weighted by atomic mass is 10.2. The number of sulfonamides is 1. The zero-order valence-corrected chi connectivity index (χ0v) is 11.3. The summed E-state index contributed by atoms with van der Waals surface area (Å²) in [5.74, 6) is 0.263. The second-order valence-electron chi connectivity index (χ2n) is 4.28. The summed E-state index contributed by atoms with van der Waals surface area (Å²) in [4.78, 5) is 0.358. The Morgan fingerprint density at radius 2 is 1.88 bits per heavy atom. The summed E-state index contributed by atoms with van der Waals surface area (Å²) < 4.78 is 26.7. The van der Waals surface area contributed by atoms with E-state index in [1.807, 2.05) is 20.0 Å². The van der Waals surface area contributed by atoms with Gasteiger partial charge >= 0.3 is 0 Å². The summed E-state index contributed by atoms with van der Waals surface area (Å²) in [6, 6.07) is 6.99. The van der Waals surface area contributed by atoms with Crippen LogP contribution in [0.2, 0.25) is 0 Å². The number of hydrogen-bond donors (Lipinski definition) is 2.